The van der Waals surface area contributed by atoms with E-state index in [1.165, 1.54) is 44.6 Å². The molecule has 72 valence electrons. The zero-order valence-electron chi connectivity index (χ0n) is 7.94. The number of hydrogen-bond donors (Lipinski definition) is 2. The molecule has 0 saturated carbocycles. The minimum absolute atomic E-state index is 0.749. The fraction of sp³-hybridized carbons (Fsp3) is 1.00. The van der Waals surface area contributed by atoms with Crippen LogP contribution >= 0.6 is 11.8 Å². The maximum absolute atomic E-state index is 3.57. The molecule has 0 aliphatic carbocycles. The molecule has 1 rings (SSSR count). The van der Waals surface area contributed by atoms with E-state index in [1.54, 1.807) is 0 Å². The van der Waals surface area contributed by atoms with Crippen molar-refractivity contribution in [3.05, 3.63) is 0 Å². The summed E-state index contributed by atoms with van der Waals surface area (Å²) in [4.78, 5) is 0. The van der Waals surface area contributed by atoms with Gasteiger partial charge in [-0.3, -0.25) is 0 Å². The maximum atomic E-state index is 3.57. The van der Waals surface area contributed by atoms with E-state index in [1.807, 2.05) is 11.8 Å². The van der Waals surface area contributed by atoms with Gasteiger partial charge in [-0.2, -0.15) is 11.8 Å². The molecule has 1 aliphatic rings. The lowest BCUT2D eigenvalue weighted by Crippen LogP contribution is -2.31. The van der Waals surface area contributed by atoms with Gasteiger partial charge in [0.15, 0.2) is 0 Å². The molecule has 1 fully saturated rings. The van der Waals surface area contributed by atoms with Gasteiger partial charge >= 0.3 is 0 Å². The average molecular weight is 188 g/mol. The Balaban J connectivity index is 1.81. The van der Waals surface area contributed by atoms with Crippen LogP contribution in [-0.4, -0.2) is 37.7 Å². The fourth-order valence-corrected chi connectivity index (χ4v) is 2.00. The van der Waals surface area contributed by atoms with Crippen LogP contribution in [0.25, 0.3) is 0 Å². The summed E-state index contributed by atoms with van der Waals surface area (Å²) in [6, 6.07) is 0.749. The smallest absolute Gasteiger partial charge is 0.0204 e. The van der Waals surface area contributed by atoms with Crippen molar-refractivity contribution in [3.8, 4) is 0 Å². The molecule has 0 amide bonds. The summed E-state index contributed by atoms with van der Waals surface area (Å²) < 4.78 is 0. The zero-order valence-corrected chi connectivity index (χ0v) is 8.75. The van der Waals surface area contributed by atoms with E-state index < -0.39 is 0 Å². The standard InChI is InChI=1S/C9H20N2S/c1-12-7-3-2-5-11-9-4-6-10-8-9/h9-11H,2-8H2,1H3. The highest BCUT2D eigenvalue weighted by Crippen LogP contribution is 2.00. The van der Waals surface area contributed by atoms with Gasteiger partial charge in [0.25, 0.3) is 0 Å². The molecule has 0 radical (unpaired) electrons. The highest BCUT2D eigenvalue weighted by Gasteiger charge is 2.11. The van der Waals surface area contributed by atoms with Gasteiger partial charge in [0.05, 0.1) is 0 Å². The Labute approximate surface area is 79.9 Å². The molecule has 0 aromatic heterocycles. The zero-order chi connectivity index (χ0) is 8.65. The largest absolute Gasteiger partial charge is 0.315 e. The summed E-state index contributed by atoms with van der Waals surface area (Å²) in [7, 11) is 0. The van der Waals surface area contributed by atoms with Crippen LogP contribution in [0.4, 0.5) is 0 Å². The Morgan fingerprint density at radius 1 is 1.50 bits per heavy atom. The molecular formula is C9H20N2S. The number of hydrogen-bond acceptors (Lipinski definition) is 3. The van der Waals surface area contributed by atoms with Gasteiger partial charge in [-0.1, -0.05) is 0 Å². The van der Waals surface area contributed by atoms with E-state index in [4.69, 9.17) is 0 Å². The van der Waals surface area contributed by atoms with Crippen LogP contribution in [0.2, 0.25) is 0 Å². The van der Waals surface area contributed by atoms with E-state index in [0.29, 0.717) is 0 Å². The second-order valence-electron chi connectivity index (χ2n) is 3.34. The molecule has 1 saturated heterocycles. The van der Waals surface area contributed by atoms with Crippen LogP contribution in [0.15, 0.2) is 0 Å². The molecule has 2 nitrogen and oxygen atoms in total. The fourth-order valence-electron chi connectivity index (χ4n) is 1.51. The van der Waals surface area contributed by atoms with E-state index in [-0.39, 0.29) is 0 Å². The van der Waals surface area contributed by atoms with Crippen LogP contribution in [-0.2, 0) is 0 Å². The molecular weight excluding hydrogens is 168 g/mol. The van der Waals surface area contributed by atoms with Crippen molar-refractivity contribution in [3.63, 3.8) is 0 Å². The highest BCUT2D eigenvalue weighted by molar-refractivity contribution is 7.98. The lowest BCUT2D eigenvalue weighted by atomic mass is 10.2. The van der Waals surface area contributed by atoms with E-state index in [2.05, 4.69) is 16.9 Å². The molecule has 3 heteroatoms. The second-order valence-corrected chi connectivity index (χ2v) is 4.33. The average Bonchev–Trinajstić information content (AvgIpc) is 2.57. The highest BCUT2D eigenvalue weighted by atomic mass is 32.2. The van der Waals surface area contributed by atoms with Crippen molar-refractivity contribution in [2.24, 2.45) is 0 Å². The van der Waals surface area contributed by atoms with Gasteiger partial charge in [-0.15, -0.1) is 0 Å². The SMILES string of the molecule is CSCCCCNC1CCNC1. The lowest BCUT2D eigenvalue weighted by molar-refractivity contribution is 0.533. The molecule has 0 bridgehead atoms. The molecule has 1 atom stereocenters. The quantitative estimate of drug-likeness (QED) is 0.610. The van der Waals surface area contributed by atoms with Gasteiger partial charge in [0, 0.05) is 12.6 Å². The second kappa shape index (κ2) is 6.75. The van der Waals surface area contributed by atoms with Crippen molar-refractivity contribution in [1.82, 2.24) is 10.6 Å². The number of unbranched alkanes of at least 4 members (excludes halogenated alkanes) is 1. The Kier molecular flexibility index (Phi) is 5.82. The van der Waals surface area contributed by atoms with Crippen LogP contribution in [0, 0.1) is 0 Å². The Bertz CT molecular complexity index is 103. The first-order valence-electron chi connectivity index (χ1n) is 4.86. The molecule has 0 aromatic carbocycles. The third-order valence-electron chi connectivity index (χ3n) is 2.27. The van der Waals surface area contributed by atoms with Gasteiger partial charge in [0.2, 0.25) is 0 Å². The predicted molar refractivity (Wildman–Crippen MR) is 56.9 cm³/mol. The Morgan fingerprint density at radius 2 is 2.42 bits per heavy atom. The topological polar surface area (TPSA) is 24.1 Å². The van der Waals surface area contributed by atoms with Crippen molar-refractivity contribution in [1.29, 1.82) is 0 Å². The first kappa shape index (κ1) is 10.4. The third-order valence-corrected chi connectivity index (χ3v) is 2.97. The minimum atomic E-state index is 0.749. The van der Waals surface area contributed by atoms with E-state index in [0.717, 1.165) is 6.04 Å². The van der Waals surface area contributed by atoms with Gasteiger partial charge in [-0.05, 0) is 44.4 Å². The molecule has 0 aromatic rings. The lowest BCUT2D eigenvalue weighted by Gasteiger charge is -2.10. The number of rotatable bonds is 6. The predicted octanol–water partition coefficient (Wildman–Crippen LogP) is 1.08. The first-order chi connectivity index (χ1) is 5.93. The van der Waals surface area contributed by atoms with Crippen LogP contribution in [0.3, 0.4) is 0 Å². The van der Waals surface area contributed by atoms with Crippen molar-refractivity contribution in [2.45, 2.75) is 25.3 Å². The summed E-state index contributed by atoms with van der Waals surface area (Å²) in [5.41, 5.74) is 0. The van der Waals surface area contributed by atoms with Crippen LogP contribution in [0.1, 0.15) is 19.3 Å². The summed E-state index contributed by atoms with van der Waals surface area (Å²) >= 11 is 1.94. The Hall–Kier alpha value is 0.270. The monoisotopic (exact) mass is 188 g/mol. The van der Waals surface area contributed by atoms with Crippen LogP contribution in [0.5, 0.6) is 0 Å². The summed E-state index contributed by atoms with van der Waals surface area (Å²) in [5, 5.41) is 6.93. The Morgan fingerprint density at radius 3 is 3.08 bits per heavy atom. The minimum Gasteiger partial charge on any atom is -0.315 e. The van der Waals surface area contributed by atoms with E-state index >= 15 is 0 Å². The molecule has 1 aliphatic heterocycles. The third kappa shape index (κ3) is 4.33. The first-order valence-corrected chi connectivity index (χ1v) is 6.26. The van der Waals surface area contributed by atoms with Crippen molar-refractivity contribution in [2.75, 3.05) is 31.6 Å². The number of thioether (sulfide) groups is 1. The molecule has 1 unspecified atom stereocenters. The molecule has 1 heterocycles. The summed E-state index contributed by atoms with van der Waals surface area (Å²) in [6.07, 6.45) is 6.17. The van der Waals surface area contributed by atoms with Gasteiger partial charge in [-0.25, -0.2) is 0 Å². The maximum Gasteiger partial charge on any atom is 0.0204 e. The normalized spacial score (nSPS) is 23.2. The van der Waals surface area contributed by atoms with Crippen LogP contribution < -0.4 is 10.6 Å². The number of nitrogens with one attached hydrogen (secondary N) is 2. The van der Waals surface area contributed by atoms with E-state index in [9.17, 15) is 0 Å². The molecule has 0 spiro atoms. The summed E-state index contributed by atoms with van der Waals surface area (Å²) in [6.45, 7) is 3.57. The summed E-state index contributed by atoms with van der Waals surface area (Å²) in [5.74, 6) is 1.31. The molecule has 2 N–H and O–H groups in total. The van der Waals surface area contributed by atoms with Crippen molar-refractivity contribution >= 4 is 11.8 Å². The van der Waals surface area contributed by atoms with Crippen molar-refractivity contribution < 1.29 is 0 Å². The van der Waals surface area contributed by atoms with Gasteiger partial charge < -0.3 is 10.6 Å². The molecule has 12 heavy (non-hydrogen) atoms. The van der Waals surface area contributed by atoms with Gasteiger partial charge in [0.1, 0.15) is 0 Å².